The number of fused-ring (bicyclic) bond motifs is 2. The summed E-state index contributed by atoms with van der Waals surface area (Å²) in [4.78, 5) is 14.6. The third kappa shape index (κ3) is 3.69. The quantitative estimate of drug-likeness (QED) is 0.874. The van der Waals surface area contributed by atoms with Gasteiger partial charge in [-0.1, -0.05) is 42.5 Å². The number of nitrogens with zero attached hydrogens (tertiary/aromatic N) is 1. The third-order valence-corrected chi connectivity index (χ3v) is 5.79. The van der Waals surface area contributed by atoms with Crippen molar-refractivity contribution in [3.8, 4) is 0 Å². The van der Waals surface area contributed by atoms with Gasteiger partial charge in [-0.3, -0.25) is 0 Å². The standard InChI is InChI=1S/C22H24FNO3/c23-18-9-4-8-17(12-18)22(26)13-19-10-5-11-20(14-22)24(19)21(25)27-15-16-6-2-1-3-7-16/h1-4,6-9,12,19-20,26H,5,10-11,13-15H2. The summed E-state index contributed by atoms with van der Waals surface area (Å²) in [7, 11) is 0. The fourth-order valence-electron chi connectivity index (χ4n) is 4.53. The first-order chi connectivity index (χ1) is 13.0. The lowest BCUT2D eigenvalue weighted by Gasteiger charge is -2.51. The van der Waals surface area contributed by atoms with E-state index in [-0.39, 0.29) is 30.6 Å². The molecular formula is C22H24FNO3. The summed E-state index contributed by atoms with van der Waals surface area (Å²) in [6.45, 7) is 0.240. The van der Waals surface area contributed by atoms with Gasteiger partial charge in [-0.05, 0) is 42.5 Å². The van der Waals surface area contributed by atoms with Gasteiger partial charge in [-0.25, -0.2) is 9.18 Å². The molecule has 4 rings (SSSR count). The number of benzene rings is 2. The Morgan fingerprint density at radius 3 is 2.48 bits per heavy atom. The lowest BCUT2D eigenvalue weighted by Crippen LogP contribution is -2.58. The topological polar surface area (TPSA) is 49.8 Å². The highest BCUT2D eigenvalue weighted by Gasteiger charge is 2.48. The molecule has 1 amide bonds. The predicted molar refractivity (Wildman–Crippen MR) is 99.4 cm³/mol. The fourth-order valence-corrected chi connectivity index (χ4v) is 4.53. The minimum atomic E-state index is -1.10. The maximum absolute atomic E-state index is 13.7. The van der Waals surface area contributed by atoms with Crippen LogP contribution in [0.2, 0.25) is 0 Å². The Morgan fingerprint density at radius 1 is 1.11 bits per heavy atom. The zero-order valence-electron chi connectivity index (χ0n) is 15.2. The van der Waals surface area contributed by atoms with E-state index in [1.54, 1.807) is 17.0 Å². The van der Waals surface area contributed by atoms with Gasteiger partial charge in [-0.15, -0.1) is 0 Å². The van der Waals surface area contributed by atoms with Gasteiger partial charge in [0, 0.05) is 24.9 Å². The number of ether oxygens (including phenoxy) is 1. The molecule has 2 aromatic carbocycles. The molecule has 2 aliphatic rings. The molecule has 2 fully saturated rings. The number of carbonyl (C=O) groups excluding carboxylic acids is 1. The first-order valence-corrected chi connectivity index (χ1v) is 9.53. The van der Waals surface area contributed by atoms with Gasteiger partial charge in [0.2, 0.25) is 0 Å². The SMILES string of the molecule is O=C(OCc1ccccc1)N1C2CCCC1CC(O)(c1cccc(F)c1)C2. The van der Waals surface area contributed by atoms with Crippen molar-refractivity contribution in [1.82, 2.24) is 4.90 Å². The van der Waals surface area contributed by atoms with Crippen molar-refractivity contribution in [2.75, 3.05) is 0 Å². The summed E-state index contributed by atoms with van der Waals surface area (Å²) < 4.78 is 19.2. The number of halogens is 1. The molecule has 0 aromatic heterocycles. The zero-order valence-corrected chi connectivity index (χ0v) is 15.2. The van der Waals surface area contributed by atoms with E-state index < -0.39 is 5.60 Å². The van der Waals surface area contributed by atoms with Crippen LogP contribution in [0.15, 0.2) is 54.6 Å². The number of carbonyl (C=O) groups is 1. The molecule has 2 aliphatic heterocycles. The number of rotatable bonds is 3. The van der Waals surface area contributed by atoms with Crippen molar-refractivity contribution in [2.24, 2.45) is 0 Å². The summed E-state index contributed by atoms with van der Waals surface area (Å²) >= 11 is 0. The van der Waals surface area contributed by atoms with Gasteiger partial charge >= 0.3 is 6.09 Å². The fraction of sp³-hybridized carbons (Fsp3) is 0.409. The third-order valence-electron chi connectivity index (χ3n) is 5.79. The molecule has 2 aromatic rings. The maximum atomic E-state index is 13.7. The van der Waals surface area contributed by atoms with Crippen molar-refractivity contribution >= 4 is 6.09 Å². The van der Waals surface area contributed by atoms with Crippen LogP contribution in [-0.4, -0.2) is 28.2 Å². The smallest absolute Gasteiger partial charge is 0.410 e. The number of aliphatic hydroxyl groups is 1. The summed E-state index contributed by atoms with van der Waals surface area (Å²) in [6, 6.07) is 15.6. The van der Waals surface area contributed by atoms with Crippen molar-refractivity contribution < 1.29 is 19.0 Å². The Morgan fingerprint density at radius 2 is 1.81 bits per heavy atom. The molecule has 27 heavy (non-hydrogen) atoms. The number of hydrogen-bond donors (Lipinski definition) is 1. The monoisotopic (exact) mass is 369 g/mol. The molecule has 2 heterocycles. The number of hydrogen-bond acceptors (Lipinski definition) is 3. The predicted octanol–water partition coefficient (Wildman–Crippen LogP) is 4.37. The van der Waals surface area contributed by atoms with Crippen molar-refractivity contribution in [3.05, 3.63) is 71.5 Å². The second-order valence-electron chi connectivity index (χ2n) is 7.64. The summed E-state index contributed by atoms with van der Waals surface area (Å²) in [5, 5.41) is 11.2. The summed E-state index contributed by atoms with van der Waals surface area (Å²) in [5.41, 5.74) is 0.439. The van der Waals surface area contributed by atoms with Crippen LogP contribution >= 0.6 is 0 Å². The van der Waals surface area contributed by atoms with E-state index in [4.69, 9.17) is 4.74 Å². The number of piperidine rings is 2. The van der Waals surface area contributed by atoms with Gasteiger partial charge in [0.25, 0.3) is 0 Å². The minimum absolute atomic E-state index is 0.0889. The molecule has 0 saturated carbocycles. The lowest BCUT2D eigenvalue weighted by molar-refractivity contribution is -0.0897. The van der Waals surface area contributed by atoms with E-state index in [1.807, 2.05) is 30.3 Å². The molecule has 5 heteroatoms. The molecule has 2 saturated heterocycles. The van der Waals surface area contributed by atoms with Crippen LogP contribution in [0.1, 0.15) is 43.2 Å². The lowest BCUT2D eigenvalue weighted by atomic mass is 9.72. The van der Waals surface area contributed by atoms with Crippen LogP contribution in [0, 0.1) is 5.82 Å². The van der Waals surface area contributed by atoms with Crippen molar-refractivity contribution in [2.45, 2.75) is 56.4 Å². The molecule has 2 bridgehead atoms. The summed E-state index contributed by atoms with van der Waals surface area (Å²) in [6.07, 6.45) is 3.18. The molecule has 0 aliphatic carbocycles. The maximum Gasteiger partial charge on any atom is 0.410 e. The van der Waals surface area contributed by atoms with Gasteiger partial charge in [0.15, 0.2) is 0 Å². The summed E-state index contributed by atoms with van der Waals surface area (Å²) in [5.74, 6) is -0.351. The Balaban J connectivity index is 1.49. The molecule has 4 nitrogen and oxygen atoms in total. The van der Waals surface area contributed by atoms with Crippen LogP contribution < -0.4 is 0 Å². The second kappa shape index (κ2) is 7.31. The van der Waals surface area contributed by atoms with Crippen molar-refractivity contribution in [1.29, 1.82) is 0 Å². The minimum Gasteiger partial charge on any atom is -0.445 e. The van der Waals surface area contributed by atoms with Crippen LogP contribution in [0.5, 0.6) is 0 Å². The van der Waals surface area contributed by atoms with Crippen LogP contribution in [0.4, 0.5) is 9.18 Å². The van der Waals surface area contributed by atoms with E-state index in [9.17, 15) is 14.3 Å². The van der Waals surface area contributed by atoms with Gasteiger partial charge in [0.05, 0.1) is 5.60 Å². The van der Waals surface area contributed by atoms with Gasteiger partial charge in [0.1, 0.15) is 12.4 Å². The van der Waals surface area contributed by atoms with Crippen molar-refractivity contribution in [3.63, 3.8) is 0 Å². The Bertz CT molecular complexity index is 796. The average molecular weight is 369 g/mol. The largest absolute Gasteiger partial charge is 0.445 e. The second-order valence-corrected chi connectivity index (χ2v) is 7.64. The highest BCUT2D eigenvalue weighted by Crippen LogP contribution is 2.44. The Hall–Kier alpha value is -2.40. The van der Waals surface area contributed by atoms with Crippen LogP contribution in [0.25, 0.3) is 0 Å². The Labute approximate surface area is 158 Å². The molecule has 2 unspecified atom stereocenters. The highest BCUT2D eigenvalue weighted by molar-refractivity contribution is 5.69. The van der Waals surface area contributed by atoms with E-state index in [0.29, 0.717) is 18.4 Å². The van der Waals surface area contributed by atoms with E-state index in [0.717, 1.165) is 24.8 Å². The Kier molecular flexibility index (Phi) is 4.87. The number of amides is 1. The zero-order chi connectivity index (χ0) is 18.9. The highest BCUT2D eigenvalue weighted by atomic mass is 19.1. The van der Waals surface area contributed by atoms with Crippen LogP contribution in [0.3, 0.4) is 0 Å². The molecule has 0 spiro atoms. The first kappa shape index (κ1) is 18.0. The molecule has 142 valence electrons. The average Bonchev–Trinajstić information content (AvgIpc) is 2.66. The molecular weight excluding hydrogens is 345 g/mol. The first-order valence-electron chi connectivity index (χ1n) is 9.53. The molecule has 2 atom stereocenters. The van der Waals surface area contributed by atoms with E-state index >= 15 is 0 Å². The molecule has 1 N–H and O–H groups in total. The van der Waals surface area contributed by atoms with Gasteiger partial charge in [-0.2, -0.15) is 0 Å². The normalized spacial score (nSPS) is 27.3. The van der Waals surface area contributed by atoms with E-state index in [2.05, 4.69) is 0 Å². The van der Waals surface area contributed by atoms with E-state index in [1.165, 1.54) is 12.1 Å². The molecule has 0 radical (unpaired) electrons. The van der Waals surface area contributed by atoms with Gasteiger partial charge < -0.3 is 14.7 Å². The van der Waals surface area contributed by atoms with Crippen LogP contribution in [-0.2, 0) is 16.9 Å².